The SMILES string of the molecule is CCOc1c(I)ccc(OCC(=O)O)c1I. The molecule has 1 aromatic rings. The smallest absolute Gasteiger partial charge is 0.341 e. The molecule has 1 aromatic carbocycles. The van der Waals surface area contributed by atoms with Crippen LogP contribution in [0, 0.1) is 7.14 Å². The van der Waals surface area contributed by atoms with Crippen molar-refractivity contribution in [3.05, 3.63) is 19.3 Å². The first-order valence-electron chi connectivity index (χ1n) is 4.51. The molecule has 1 rings (SSSR count). The van der Waals surface area contributed by atoms with Crippen molar-refractivity contribution in [3.63, 3.8) is 0 Å². The van der Waals surface area contributed by atoms with Crippen LogP contribution in [0.15, 0.2) is 12.1 Å². The Labute approximate surface area is 121 Å². The Kier molecular flexibility index (Phi) is 5.59. The molecule has 0 fully saturated rings. The number of hydrogen-bond acceptors (Lipinski definition) is 3. The number of benzene rings is 1. The summed E-state index contributed by atoms with van der Waals surface area (Å²) in [6, 6.07) is 3.58. The number of hydrogen-bond donors (Lipinski definition) is 1. The van der Waals surface area contributed by atoms with Crippen LogP contribution in [0.1, 0.15) is 6.92 Å². The first-order valence-corrected chi connectivity index (χ1v) is 6.67. The Bertz CT molecular complexity index is 393. The van der Waals surface area contributed by atoms with E-state index < -0.39 is 5.97 Å². The second kappa shape index (κ2) is 6.48. The van der Waals surface area contributed by atoms with E-state index in [4.69, 9.17) is 14.6 Å². The van der Waals surface area contributed by atoms with Crippen LogP contribution in [-0.2, 0) is 4.79 Å². The molecular weight excluding hydrogens is 438 g/mol. The Morgan fingerprint density at radius 1 is 1.38 bits per heavy atom. The molecule has 0 aliphatic heterocycles. The number of carboxylic acid groups (broad SMARTS) is 1. The van der Waals surface area contributed by atoms with Crippen LogP contribution < -0.4 is 9.47 Å². The lowest BCUT2D eigenvalue weighted by Gasteiger charge is -2.12. The zero-order valence-corrected chi connectivity index (χ0v) is 12.8. The van der Waals surface area contributed by atoms with Gasteiger partial charge >= 0.3 is 5.97 Å². The molecule has 16 heavy (non-hydrogen) atoms. The highest BCUT2D eigenvalue weighted by Gasteiger charge is 2.12. The average Bonchev–Trinajstić information content (AvgIpc) is 2.23. The van der Waals surface area contributed by atoms with Crippen LogP contribution in [0.5, 0.6) is 11.5 Å². The molecule has 0 spiro atoms. The van der Waals surface area contributed by atoms with Crippen LogP contribution in [-0.4, -0.2) is 24.3 Å². The molecule has 0 saturated heterocycles. The summed E-state index contributed by atoms with van der Waals surface area (Å²) in [6.07, 6.45) is 0. The second-order valence-electron chi connectivity index (χ2n) is 2.80. The van der Waals surface area contributed by atoms with Gasteiger partial charge in [0.25, 0.3) is 0 Å². The van der Waals surface area contributed by atoms with E-state index in [0.717, 1.165) is 12.9 Å². The Hall–Kier alpha value is -0.250. The number of carboxylic acids is 1. The Balaban J connectivity index is 2.94. The molecule has 0 aromatic heterocycles. The first-order chi connectivity index (χ1) is 7.56. The number of rotatable bonds is 5. The Morgan fingerprint density at radius 3 is 2.62 bits per heavy atom. The van der Waals surface area contributed by atoms with Crippen LogP contribution in [0.3, 0.4) is 0 Å². The molecule has 0 aliphatic rings. The summed E-state index contributed by atoms with van der Waals surface area (Å²) in [5.74, 6) is 0.283. The van der Waals surface area contributed by atoms with E-state index in [1.807, 2.05) is 13.0 Å². The molecule has 1 N–H and O–H groups in total. The van der Waals surface area contributed by atoms with Crippen LogP contribution in [0.2, 0.25) is 0 Å². The third kappa shape index (κ3) is 3.65. The van der Waals surface area contributed by atoms with E-state index in [9.17, 15) is 4.79 Å². The summed E-state index contributed by atoms with van der Waals surface area (Å²) in [7, 11) is 0. The standard InChI is InChI=1S/C10H10I2O4/c1-2-15-10-6(11)3-4-7(9(10)12)16-5-8(13)14/h3-4H,2,5H2,1H3,(H,13,14). The highest BCUT2D eigenvalue weighted by Crippen LogP contribution is 2.34. The Morgan fingerprint density at radius 2 is 2.06 bits per heavy atom. The number of halogens is 2. The lowest BCUT2D eigenvalue weighted by atomic mass is 10.3. The van der Waals surface area contributed by atoms with Crippen LogP contribution in [0.4, 0.5) is 0 Å². The van der Waals surface area contributed by atoms with Gasteiger partial charge in [-0.1, -0.05) is 0 Å². The maximum absolute atomic E-state index is 10.4. The fourth-order valence-electron chi connectivity index (χ4n) is 1.04. The molecule has 0 heterocycles. The van der Waals surface area contributed by atoms with Gasteiger partial charge in [-0.25, -0.2) is 4.79 Å². The molecule has 0 aliphatic carbocycles. The summed E-state index contributed by atoms with van der Waals surface area (Å²) >= 11 is 4.26. The van der Waals surface area contributed by atoms with Gasteiger partial charge in [-0.3, -0.25) is 0 Å². The van der Waals surface area contributed by atoms with E-state index in [-0.39, 0.29) is 6.61 Å². The van der Waals surface area contributed by atoms with Gasteiger partial charge in [-0.05, 0) is 64.2 Å². The van der Waals surface area contributed by atoms with Crippen molar-refractivity contribution in [2.24, 2.45) is 0 Å². The summed E-state index contributed by atoms with van der Waals surface area (Å²) in [5, 5.41) is 8.53. The fraction of sp³-hybridized carbons (Fsp3) is 0.300. The van der Waals surface area contributed by atoms with E-state index in [2.05, 4.69) is 45.2 Å². The van der Waals surface area contributed by atoms with Crippen LogP contribution in [0.25, 0.3) is 0 Å². The van der Waals surface area contributed by atoms with Gasteiger partial charge in [0.2, 0.25) is 0 Å². The van der Waals surface area contributed by atoms with E-state index in [0.29, 0.717) is 12.4 Å². The first kappa shape index (κ1) is 13.8. The number of aliphatic carboxylic acids is 1. The molecule has 0 atom stereocenters. The van der Waals surface area contributed by atoms with Crippen molar-refractivity contribution in [1.82, 2.24) is 0 Å². The van der Waals surface area contributed by atoms with Gasteiger partial charge in [-0.2, -0.15) is 0 Å². The molecule has 88 valence electrons. The summed E-state index contributed by atoms with van der Waals surface area (Å²) in [5.41, 5.74) is 0. The molecule has 0 amide bonds. The van der Waals surface area contributed by atoms with Crippen molar-refractivity contribution >= 4 is 51.2 Å². The highest BCUT2D eigenvalue weighted by molar-refractivity contribution is 14.1. The van der Waals surface area contributed by atoms with Crippen molar-refractivity contribution < 1.29 is 19.4 Å². The lowest BCUT2D eigenvalue weighted by molar-refractivity contribution is -0.139. The predicted octanol–water partition coefficient (Wildman–Crippen LogP) is 2.76. The molecule has 0 bridgehead atoms. The number of carbonyl (C=O) groups is 1. The largest absolute Gasteiger partial charge is 0.492 e. The topological polar surface area (TPSA) is 55.8 Å². The minimum absolute atomic E-state index is 0.345. The van der Waals surface area contributed by atoms with Crippen molar-refractivity contribution in [2.45, 2.75) is 6.92 Å². The van der Waals surface area contributed by atoms with Gasteiger partial charge < -0.3 is 14.6 Å². The van der Waals surface area contributed by atoms with Crippen molar-refractivity contribution in [2.75, 3.05) is 13.2 Å². The van der Waals surface area contributed by atoms with E-state index >= 15 is 0 Å². The summed E-state index contributed by atoms with van der Waals surface area (Å²) in [4.78, 5) is 10.4. The molecule has 0 radical (unpaired) electrons. The van der Waals surface area contributed by atoms with E-state index in [1.54, 1.807) is 6.07 Å². The van der Waals surface area contributed by atoms with Gasteiger partial charge in [0.1, 0.15) is 11.5 Å². The van der Waals surface area contributed by atoms with Crippen molar-refractivity contribution in [3.8, 4) is 11.5 Å². The maximum atomic E-state index is 10.4. The normalized spacial score (nSPS) is 9.94. The van der Waals surface area contributed by atoms with Gasteiger partial charge in [0.15, 0.2) is 6.61 Å². The van der Waals surface area contributed by atoms with Gasteiger partial charge in [0, 0.05) is 0 Å². The zero-order chi connectivity index (χ0) is 12.1. The van der Waals surface area contributed by atoms with Gasteiger partial charge in [0.05, 0.1) is 13.7 Å². The summed E-state index contributed by atoms with van der Waals surface area (Å²) in [6.45, 7) is 2.12. The summed E-state index contributed by atoms with van der Waals surface area (Å²) < 4.78 is 12.4. The van der Waals surface area contributed by atoms with Crippen LogP contribution >= 0.6 is 45.2 Å². The lowest BCUT2D eigenvalue weighted by Crippen LogP contribution is -2.10. The molecular formula is C10H10I2O4. The average molecular weight is 448 g/mol. The fourth-order valence-corrected chi connectivity index (χ4v) is 2.95. The minimum Gasteiger partial charge on any atom is -0.492 e. The molecule has 0 unspecified atom stereocenters. The van der Waals surface area contributed by atoms with E-state index in [1.165, 1.54) is 0 Å². The predicted molar refractivity (Wildman–Crippen MR) is 76.2 cm³/mol. The quantitative estimate of drug-likeness (QED) is 0.705. The number of ether oxygens (including phenoxy) is 2. The molecule has 6 heteroatoms. The highest BCUT2D eigenvalue weighted by atomic mass is 127. The maximum Gasteiger partial charge on any atom is 0.341 e. The third-order valence-electron chi connectivity index (χ3n) is 1.65. The molecule has 0 saturated carbocycles. The van der Waals surface area contributed by atoms with Gasteiger partial charge in [-0.15, -0.1) is 0 Å². The second-order valence-corrected chi connectivity index (χ2v) is 5.04. The minimum atomic E-state index is -0.993. The monoisotopic (exact) mass is 448 g/mol. The zero-order valence-electron chi connectivity index (χ0n) is 8.50. The molecule has 4 nitrogen and oxygen atoms in total. The van der Waals surface area contributed by atoms with Crippen molar-refractivity contribution in [1.29, 1.82) is 0 Å². The third-order valence-corrected chi connectivity index (χ3v) is 3.52.